The number of aromatic hydroxyl groups is 1. The fraction of sp³-hybridized carbons (Fsp3) is 0.333. The summed E-state index contributed by atoms with van der Waals surface area (Å²) in [4.78, 5) is 14.9. The van der Waals surface area contributed by atoms with E-state index in [-0.39, 0.29) is 11.2 Å². The summed E-state index contributed by atoms with van der Waals surface area (Å²) in [5.74, 6) is -1.63. The number of carbonyl (C=O) groups excluding carboxylic acids is 1. The number of carbonyl (C=O) groups is 1. The van der Waals surface area contributed by atoms with Gasteiger partial charge in [-0.25, -0.2) is 18.6 Å². The second-order valence-electron chi connectivity index (χ2n) is 2.74. The van der Waals surface area contributed by atoms with Crippen molar-refractivity contribution in [2.45, 2.75) is 13.3 Å². The van der Waals surface area contributed by atoms with E-state index in [0.29, 0.717) is 0 Å². The summed E-state index contributed by atoms with van der Waals surface area (Å²) >= 11 is 2.79. The van der Waals surface area contributed by atoms with Crippen LogP contribution in [0.3, 0.4) is 0 Å². The van der Waals surface area contributed by atoms with Crippen molar-refractivity contribution in [1.29, 1.82) is 0 Å². The minimum atomic E-state index is -2.94. The van der Waals surface area contributed by atoms with Gasteiger partial charge in [0.1, 0.15) is 15.9 Å². The molecule has 0 aliphatic heterocycles. The van der Waals surface area contributed by atoms with Crippen molar-refractivity contribution < 1.29 is 23.4 Å². The normalized spacial score (nSPS) is 10.6. The van der Waals surface area contributed by atoms with Gasteiger partial charge in [-0.05, 0) is 22.9 Å². The predicted octanol–water partition coefficient (Wildman–Crippen LogP) is 2.66. The highest BCUT2D eigenvalue weighted by atomic mass is 79.9. The number of aromatic nitrogens is 1. The van der Waals surface area contributed by atoms with Crippen molar-refractivity contribution in [3.63, 3.8) is 0 Å². The maximum absolute atomic E-state index is 12.7. The average molecular weight is 296 g/mol. The van der Waals surface area contributed by atoms with Gasteiger partial charge in [0, 0.05) is 0 Å². The van der Waals surface area contributed by atoms with Crippen LogP contribution >= 0.6 is 15.9 Å². The number of nitrogens with zero attached hydrogens (tertiary/aromatic N) is 1. The van der Waals surface area contributed by atoms with Crippen molar-refractivity contribution >= 4 is 21.9 Å². The van der Waals surface area contributed by atoms with Gasteiger partial charge in [0.05, 0.1) is 18.4 Å². The molecule has 0 radical (unpaired) electrons. The lowest BCUT2D eigenvalue weighted by Crippen LogP contribution is -2.10. The Morgan fingerprint density at radius 3 is 2.81 bits per heavy atom. The van der Waals surface area contributed by atoms with E-state index in [1.54, 1.807) is 0 Å². The lowest BCUT2D eigenvalue weighted by Gasteiger charge is -2.10. The fourth-order valence-corrected chi connectivity index (χ4v) is 1.58. The van der Waals surface area contributed by atoms with Crippen molar-refractivity contribution in [2.75, 3.05) is 6.61 Å². The average Bonchev–Trinajstić information content (AvgIpc) is 2.20. The number of esters is 1. The minimum Gasteiger partial charge on any atom is -0.505 e. The van der Waals surface area contributed by atoms with Crippen LogP contribution in [0.2, 0.25) is 0 Å². The highest BCUT2D eigenvalue weighted by Crippen LogP contribution is 2.34. The zero-order chi connectivity index (χ0) is 12.3. The summed E-state index contributed by atoms with van der Waals surface area (Å²) in [5.41, 5.74) is -1.22. The van der Waals surface area contributed by atoms with Crippen molar-refractivity contribution in [3.8, 4) is 5.75 Å². The van der Waals surface area contributed by atoms with E-state index in [2.05, 4.69) is 25.7 Å². The number of pyridine rings is 1. The molecule has 88 valence electrons. The molecule has 4 nitrogen and oxygen atoms in total. The van der Waals surface area contributed by atoms with E-state index in [1.807, 2.05) is 0 Å². The van der Waals surface area contributed by atoms with Crippen LogP contribution in [0, 0.1) is 0 Å². The molecule has 0 amide bonds. The molecule has 1 heterocycles. The molecule has 0 aromatic carbocycles. The Bertz CT molecular complexity index is 412. The van der Waals surface area contributed by atoms with Gasteiger partial charge in [-0.1, -0.05) is 0 Å². The van der Waals surface area contributed by atoms with Crippen LogP contribution in [-0.2, 0) is 4.74 Å². The Balaban J connectivity index is 3.34. The quantitative estimate of drug-likeness (QED) is 0.688. The van der Waals surface area contributed by atoms with Gasteiger partial charge < -0.3 is 9.84 Å². The first kappa shape index (κ1) is 12.8. The van der Waals surface area contributed by atoms with Crippen molar-refractivity contribution in [1.82, 2.24) is 4.98 Å². The summed E-state index contributed by atoms with van der Waals surface area (Å²) in [6.45, 7) is 1.56. The van der Waals surface area contributed by atoms with Crippen LogP contribution < -0.4 is 0 Å². The lowest BCUT2D eigenvalue weighted by molar-refractivity contribution is 0.0511. The number of rotatable bonds is 3. The molecule has 0 spiro atoms. The Hall–Kier alpha value is -1.24. The Labute approximate surface area is 98.4 Å². The summed E-state index contributed by atoms with van der Waals surface area (Å²) in [7, 11) is 0. The maximum Gasteiger partial charge on any atom is 0.342 e. The molecule has 1 aromatic rings. The van der Waals surface area contributed by atoms with E-state index in [1.165, 1.54) is 6.92 Å². The second kappa shape index (κ2) is 5.20. The van der Waals surface area contributed by atoms with Crippen molar-refractivity contribution in [2.24, 2.45) is 0 Å². The van der Waals surface area contributed by atoms with Gasteiger partial charge in [0.2, 0.25) is 0 Å². The Kier molecular flexibility index (Phi) is 4.17. The van der Waals surface area contributed by atoms with E-state index in [9.17, 15) is 18.7 Å². The number of hydrogen-bond donors (Lipinski definition) is 1. The van der Waals surface area contributed by atoms with Crippen LogP contribution in [-0.4, -0.2) is 22.7 Å². The molecule has 0 saturated heterocycles. The molecule has 16 heavy (non-hydrogen) atoms. The third-order valence-corrected chi connectivity index (χ3v) is 2.38. The first-order chi connectivity index (χ1) is 7.49. The maximum atomic E-state index is 12.7. The Morgan fingerprint density at radius 2 is 2.31 bits per heavy atom. The molecule has 0 unspecified atom stereocenters. The van der Waals surface area contributed by atoms with E-state index in [0.717, 1.165) is 6.20 Å². The summed E-state index contributed by atoms with van der Waals surface area (Å²) < 4.78 is 29.7. The van der Waals surface area contributed by atoms with Gasteiger partial charge in [-0.15, -0.1) is 0 Å². The van der Waals surface area contributed by atoms with Crippen molar-refractivity contribution in [3.05, 3.63) is 21.9 Å². The largest absolute Gasteiger partial charge is 0.505 e. The molecule has 0 aliphatic rings. The number of halogens is 3. The third-order valence-electron chi connectivity index (χ3n) is 1.75. The van der Waals surface area contributed by atoms with Crippen LogP contribution in [0.4, 0.5) is 8.78 Å². The zero-order valence-electron chi connectivity index (χ0n) is 8.21. The SMILES string of the molecule is CCOC(=O)c1c(O)cnc(Br)c1C(F)F. The Morgan fingerprint density at radius 1 is 1.69 bits per heavy atom. The van der Waals surface area contributed by atoms with E-state index in [4.69, 9.17) is 0 Å². The third kappa shape index (κ3) is 2.46. The molecule has 1 aromatic heterocycles. The molecule has 0 fully saturated rings. The first-order valence-corrected chi connectivity index (χ1v) is 5.11. The fourth-order valence-electron chi connectivity index (χ4n) is 1.11. The number of alkyl halides is 2. The number of hydrogen-bond acceptors (Lipinski definition) is 4. The van der Waals surface area contributed by atoms with Crippen LogP contribution in [0.25, 0.3) is 0 Å². The van der Waals surface area contributed by atoms with Gasteiger partial charge >= 0.3 is 5.97 Å². The van der Waals surface area contributed by atoms with E-state index < -0.39 is 29.3 Å². The molecule has 7 heteroatoms. The van der Waals surface area contributed by atoms with Gasteiger partial charge in [0.15, 0.2) is 0 Å². The number of ether oxygens (including phenoxy) is 1. The smallest absolute Gasteiger partial charge is 0.342 e. The molecular weight excluding hydrogens is 288 g/mol. The monoisotopic (exact) mass is 295 g/mol. The molecule has 1 rings (SSSR count). The highest BCUT2D eigenvalue weighted by Gasteiger charge is 2.26. The topological polar surface area (TPSA) is 59.4 Å². The molecule has 0 saturated carbocycles. The highest BCUT2D eigenvalue weighted by molar-refractivity contribution is 9.10. The summed E-state index contributed by atoms with van der Waals surface area (Å²) in [6, 6.07) is 0. The lowest BCUT2D eigenvalue weighted by atomic mass is 10.1. The van der Waals surface area contributed by atoms with E-state index >= 15 is 0 Å². The zero-order valence-corrected chi connectivity index (χ0v) is 9.79. The molecule has 1 N–H and O–H groups in total. The predicted molar refractivity (Wildman–Crippen MR) is 54.5 cm³/mol. The van der Waals surface area contributed by atoms with Gasteiger partial charge in [-0.2, -0.15) is 0 Å². The summed E-state index contributed by atoms with van der Waals surface area (Å²) in [5, 5.41) is 9.34. The standard InChI is InChI=1S/C9H8BrF2NO3/c1-2-16-9(15)5-4(14)3-13-7(10)6(5)8(11)12/h3,8,14H,2H2,1H3. The van der Waals surface area contributed by atoms with Crippen LogP contribution in [0.1, 0.15) is 29.3 Å². The molecular formula is C9H8BrF2NO3. The second-order valence-corrected chi connectivity index (χ2v) is 3.50. The van der Waals surface area contributed by atoms with Crippen LogP contribution in [0.15, 0.2) is 10.8 Å². The van der Waals surface area contributed by atoms with Gasteiger partial charge in [-0.3, -0.25) is 0 Å². The van der Waals surface area contributed by atoms with Gasteiger partial charge in [0.25, 0.3) is 6.43 Å². The van der Waals surface area contributed by atoms with Crippen LogP contribution in [0.5, 0.6) is 5.75 Å². The first-order valence-electron chi connectivity index (χ1n) is 4.31. The molecule has 0 atom stereocenters. The minimum absolute atomic E-state index is 0.0287. The molecule has 0 bridgehead atoms. The molecule has 0 aliphatic carbocycles. The summed E-state index contributed by atoms with van der Waals surface area (Å²) in [6.07, 6.45) is -2.03.